The van der Waals surface area contributed by atoms with E-state index in [0.717, 1.165) is 13.0 Å². The molecule has 0 unspecified atom stereocenters. The summed E-state index contributed by atoms with van der Waals surface area (Å²) in [4.78, 5) is 2.11. The number of nitrogens with zero attached hydrogens (tertiary/aromatic N) is 1. The Bertz CT molecular complexity index is 114. The second-order valence-corrected chi connectivity index (χ2v) is 2.24. The molecule has 0 fully saturated rings. The van der Waals surface area contributed by atoms with Crippen LogP contribution in [0.1, 0.15) is 20.3 Å². The molecule has 11 heavy (non-hydrogen) atoms. The summed E-state index contributed by atoms with van der Waals surface area (Å²) in [6.45, 7) is 5.83. The van der Waals surface area contributed by atoms with Crippen LogP contribution in [0.3, 0.4) is 0 Å². The van der Waals surface area contributed by atoms with E-state index in [1.165, 1.54) is 0 Å². The molecule has 2 nitrogen and oxygen atoms in total. The maximum absolute atomic E-state index is 5.32. The zero-order valence-corrected chi connectivity index (χ0v) is 7.46. The Balaban J connectivity index is 3.75. The summed E-state index contributed by atoms with van der Waals surface area (Å²) >= 11 is 0. The number of hydrogen-bond acceptors (Lipinski definition) is 2. The third-order valence-electron chi connectivity index (χ3n) is 1.33. The van der Waals surface area contributed by atoms with Crippen molar-refractivity contribution in [3.05, 3.63) is 24.6 Å². The van der Waals surface area contributed by atoms with Crippen molar-refractivity contribution in [2.75, 3.05) is 13.1 Å². The molecule has 2 N–H and O–H groups in total. The molecule has 0 aliphatic carbocycles. The van der Waals surface area contributed by atoms with E-state index in [4.69, 9.17) is 5.73 Å². The fraction of sp³-hybridized carbons (Fsp3) is 0.556. The lowest BCUT2D eigenvalue weighted by molar-refractivity contribution is 0.533. The van der Waals surface area contributed by atoms with Gasteiger partial charge in [-0.05, 0) is 19.5 Å². The molecular weight excluding hydrogens is 136 g/mol. The molecule has 0 rings (SSSR count). The SMILES string of the molecule is CC/C=C\N(/C=C\CN)CC. The average molecular weight is 154 g/mol. The zero-order valence-electron chi connectivity index (χ0n) is 7.46. The van der Waals surface area contributed by atoms with Gasteiger partial charge in [-0.1, -0.05) is 19.1 Å². The molecule has 0 aliphatic rings. The second-order valence-electron chi connectivity index (χ2n) is 2.24. The predicted molar refractivity (Wildman–Crippen MR) is 50.0 cm³/mol. The molecule has 2 heteroatoms. The number of hydrogen-bond donors (Lipinski definition) is 1. The largest absolute Gasteiger partial charge is 0.355 e. The topological polar surface area (TPSA) is 29.3 Å². The monoisotopic (exact) mass is 154 g/mol. The molecule has 0 aromatic carbocycles. The van der Waals surface area contributed by atoms with Crippen molar-refractivity contribution in [1.82, 2.24) is 4.90 Å². The average Bonchev–Trinajstić information content (AvgIpc) is 2.05. The first-order valence-electron chi connectivity index (χ1n) is 4.14. The second kappa shape index (κ2) is 7.35. The third-order valence-corrected chi connectivity index (χ3v) is 1.33. The Hall–Kier alpha value is -0.760. The molecule has 0 aromatic rings. The molecule has 0 aliphatic heterocycles. The van der Waals surface area contributed by atoms with Crippen molar-refractivity contribution in [3.63, 3.8) is 0 Å². The first-order valence-corrected chi connectivity index (χ1v) is 4.14. The van der Waals surface area contributed by atoms with Crippen molar-refractivity contribution < 1.29 is 0 Å². The standard InChI is InChI=1S/C9H18N2/c1-3-5-8-11(4-2)9-6-7-10/h5-6,8-9H,3-4,7,10H2,1-2H3/b8-5-,9-6-. The van der Waals surface area contributed by atoms with Gasteiger partial charge in [0.15, 0.2) is 0 Å². The molecule has 0 heterocycles. The van der Waals surface area contributed by atoms with Crippen LogP contribution >= 0.6 is 0 Å². The van der Waals surface area contributed by atoms with Gasteiger partial charge in [-0.25, -0.2) is 0 Å². The summed E-state index contributed by atoms with van der Waals surface area (Å²) in [7, 11) is 0. The summed E-state index contributed by atoms with van der Waals surface area (Å²) in [5, 5.41) is 0. The highest BCUT2D eigenvalue weighted by Crippen LogP contribution is 1.91. The first kappa shape index (κ1) is 10.2. The highest BCUT2D eigenvalue weighted by Gasteiger charge is 1.84. The molecule has 0 amide bonds. The van der Waals surface area contributed by atoms with E-state index in [1.54, 1.807) is 0 Å². The Morgan fingerprint density at radius 1 is 1.18 bits per heavy atom. The smallest absolute Gasteiger partial charge is 0.0190 e. The summed E-state index contributed by atoms with van der Waals surface area (Å²) in [5.41, 5.74) is 5.32. The zero-order chi connectivity index (χ0) is 8.53. The van der Waals surface area contributed by atoms with E-state index in [9.17, 15) is 0 Å². The van der Waals surface area contributed by atoms with Crippen LogP contribution in [0.25, 0.3) is 0 Å². The van der Waals surface area contributed by atoms with Gasteiger partial charge >= 0.3 is 0 Å². The van der Waals surface area contributed by atoms with Gasteiger partial charge in [0.1, 0.15) is 0 Å². The van der Waals surface area contributed by atoms with Gasteiger partial charge in [0.05, 0.1) is 0 Å². The highest BCUT2D eigenvalue weighted by atomic mass is 15.1. The van der Waals surface area contributed by atoms with E-state index in [0.29, 0.717) is 6.54 Å². The van der Waals surface area contributed by atoms with Crippen molar-refractivity contribution in [1.29, 1.82) is 0 Å². The van der Waals surface area contributed by atoms with E-state index in [2.05, 4.69) is 31.0 Å². The van der Waals surface area contributed by atoms with Gasteiger partial charge in [0, 0.05) is 19.3 Å². The number of allylic oxidation sites excluding steroid dienone is 1. The minimum Gasteiger partial charge on any atom is -0.355 e. The molecule has 64 valence electrons. The van der Waals surface area contributed by atoms with E-state index >= 15 is 0 Å². The van der Waals surface area contributed by atoms with Crippen LogP contribution in [0, 0.1) is 0 Å². The van der Waals surface area contributed by atoms with Gasteiger partial charge in [0.2, 0.25) is 0 Å². The van der Waals surface area contributed by atoms with Gasteiger partial charge < -0.3 is 10.6 Å². The lowest BCUT2D eigenvalue weighted by Crippen LogP contribution is -2.08. The maximum atomic E-state index is 5.32. The fourth-order valence-electron chi connectivity index (χ4n) is 0.698. The van der Waals surface area contributed by atoms with Crippen LogP contribution in [0.15, 0.2) is 24.6 Å². The normalized spacial score (nSPS) is 11.5. The maximum Gasteiger partial charge on any atom is 0.0190 e. The molecule has 0 spiro atoms. The van der Waals surface area contributed by atoms with Crippen LogP contribution < -0.4 is 5.73 Å². The molecular formula is C9H18N2. The van der Waals surface area contributed by atoms with E-state index < -0.39 is 0 Å². The number of nitrogens with two attached hydrogens (primary N) is 1. The Morgan fingerprint density at radius 3 is 2.27 bits per heavy atom. The number of rotatable bonds is 5. The third kappa shape index (κ3) is 5.67. The minimum atomic E-state index is 0.608. The molecule has 0 saturated carbocycles. The minimum absolute atomic E-state index is 0.608. The van der Waals surface area contributed by atoms with Crippen LogP contribution in [-0.2, 0) is 0 Å². The Labute approximate surface area is 69.4 Å². The molecule has 0 aromatic heterocycles. The molecule has 0 bridgehead atoms. The van der Waals surface area contributed by atoms with E-state index in [1.807, 2.05) is 12.3 Å². The quantitative estimate of drug-likeness (QED) is 0.653. The van der Waals surface area contributed by atoms with Crippen molar-refractivity contribution >= 4 is 0 Å². The van der Waals surface area contributed by atoms with Gasteiger partial charge in [0.25, 0.3) is 0 Å². The summed E-state index contributed by atoms with van der Waals surface area (Å²) in [6.07, 6.45) is 9.24. The van der Waals surface area contributed by atoms with E-state index in [-0.39, 0.29) is 0 Å². The summed E-state index contributed by atoms with van der Waals surface area (Å²) in [6, 6.07) is 0. The lowest BCUT2D eigenvalue weighted by Gasteiger charge is -2.11. The van der Waals surface area contributed by atoms with Gasteiger partial charge in [-0.2, -0.15) is 0 Å². The van der Waals surface area contributed by atoms with Crippen LogP contribution in [0.5, 0.6) is 0 Å². The van der Waals surface area contributed by atoms with Gasteiger partial charge in [-0.3, -0.25) is 0 Å². The first-order chi connectivity index (χ1) is 5.35. The Kier molecular flexibility index (Phi) is 6.84. The molecule has 0 radical (unpaired) electrons. The van der Waals surface area contributed by atoms with Gasteiger partial charge in [-0.15, -0.1) is 0 Å². The van der Waals surface area contributed by atoms with Crippen LogP contribution in [0.2, 0.25) is 0 Å². The highest BCUT2D eigenvalue weighted by molar-refractivity contribution is 4.91. The molecule has 0 saturated heterocycles. The van der Waals surface area contributed by atoms with Crippen molar-refractivity contribution in [3.8, 4) is 0 Å². The molecule has 0 atom stereocenters. The summed E-state index contributed by atoms with van der Waals surface area (Å²) < 4.78 is 0. The summed E-state index contributed by atoms with van der Waals surface area (Å²) in [5.74, 6) is 0. The van der Waals surface area contributed by atoms with Crippen LogP contribution in [0.4, 0.5) is 0 Å². The van der Waals surface area contributed by atoms with Crippen LogP contribution in [-0.4, -0.2) is 18.0 Å². The van der Waals surface area contributed by atoms with Crippen molar-refractivity contribution in [2.45, 2.75) is 20.3 Å². The predicted octanol–water partition coefficient (Wildman–Crippen LogP) is 1.70. The van der Waals surface area contributed by atoms with Crippen molar-refractivity contribution in [2.24, 2.45) is 5.73 Å². The fourth-order valence-corrected chi connectivity index (χ4v) is 0.698. The Morgan fingerprint density at radius 2 is 1.82 bits per heavy atom. The lowest BCUT2D eigenvalue weighted by atomic mass is 10.4.